The second-order valence-electron chi connectivity index (χ2n) is 5.64. The van der Waals surface area contributed by atoms with Crippen LogP contribution in [0.5, 0.6) is 0 Å². The molecule has 0 spiro atoms. The number of nitrogens with one attached hydrogen (secondary N) is 2. The predicted molar refractivity (Wildman–Crippen MR) is 74.7 cm³/mol. The highest BCUT2D eigenvalue weighted by Crippen LogP contribution is 2.27. The highest BCUT2D eigenvalue weighted by atomic mass is 16.3. The first-order valence-corrected chi connectivity index (χ1v) is 6.26. The Morgan fingerprint density at radius 1 is 1.42 bits per heavy atom. The lowest BCUT2D eigenvalue weighted by Crippen LogP contribution is -2.35. The van der Waals surface area contributed by atoms with E-state index >= 15 is 0 Å². The fraction of sp³-hybridized carbons (Fsp3) is 0.583. The molecule has 0 aliphatic carbocycles. The van der Waals surface area contributed by atoms with Crippen molar-refractivity contribution in [2.24, 2.45) is 5.41 Å². The van der Waals surface area contributed by atoms with E-state index in [9.17, 15) is 5.11 Å². The number of fused-ring (bicyclic) bond motifs is 1. The number of H-pyrrole nitrogens is 1. The standard InChI is InChI=1S/C12H20N6O/c1-12(2,3)8(4-5-19)15-9-7-6-14-18-10(7)17-11(13)16-9/h6,8,19H,4-5H2,1-3H3,(H4,13,14,15,16,17,18). The van der Waals surface area contributed by atoms with Gasteiger partial charge in [-0.3, -0.25) is 5.10 Å². The largest absolute Gasteiger partial charge is 0.396 e. The van der Waals surface area contributed by atoms with Crippen LogP contribution in [0.4, 0.5) is 11.8 Å². The lowest BCUT2D eigenvalue weighted by Gasteiger charge is -2.31. The number of rotatable bonds is 4. The third kappa shape index (κ3) is 2.93. The Balaban J connectivity index is 2.35. The van der Waals surface area contributed by atoms with Crippen molar-refractivity contribution >= 4 is 22.8 Å². The van der Waals surface area contributed by atoms with E-state index in [0.29, 0.717) is 17.9 Å². The fourth-order valence-corrected chi connectivity index (χ4v) is 1.98. The van der Waals surface area contributed by atoms with Crippen molar-refractivity contribution in [3.05, 3.63) is 6.20 Å². The molecule has 0 aliphatic heterocycles. The predicted octanol–water partition coefficient (Wildman–Crippen LogP) is 1.14. The molecular formula is C12H20N6O. The van der Waals surface area contributed by atoms with Gasteiger partial charge in [0.2, 0.25) is 5.95 Å². The second kappa shape index (κ2) is 5.00. The lowest BCUT2D eigenvalue weighted by atomic mass is 9.85. The molecule has 0 saturated heterocycles. The zero-order valence-electron chi connectivity index (χ0n) is 11.4. The molecule has 2 aromatic rings. The molecule has 0 aromatic carbocycles. The fourth-order valence-electron chi connectivity index (χ4n) is 1.98. The average molecular weight is 264 g/mol. The molecule has 19 heavy (non-hydrogen) atoms. The summed E-state index contributed by atoms with van der Waals surface area (Å²) in [6.45, 7) is 6.44. The van der Waals surface area contributed by atoms with E-state index in [1.54, 1.807) is 6.20 Å². The van der Waals surface area contributed by atoms with Gasteiger partial charge in [0, 0.05) is 12.6 Å². The summed E-state index contributed by atoms with van der Waals surface area (Å²) in [5, 5.41) is 20.0. The number of aliphatic hydroxyl groups excluding tert-OH is 1. The summed E-state index contributed by atoms with van der Waals surface area (Å²) < 4.78 is 0. The minimum atomic E-state index is -0.0154. The minimum absolute atomic E-state index is 0.0154. The van der Waals surface area contributed by atoms with Gasteiger partial charge in [0.1, 0.15) is 5.82 Å². The number of nitrogens with two attached hydrogens (primary N) is 1. The normalized spacial score (nSPS) is 13.7. The van der Waals surface area contributed by atoms with E-state index in [-0.39, 0.29) is 24.0 Å². The molecule has 0 aliphatic rings. The molecule has 7 heteroatoms. The van der Waals surface area contributed by atoms with Crippen molar-refractivity contribution in [2.45, 2.75) is 33.2 Å². The third-order valence-electron chi connectivity index (χ3n) is 3.10. The topological polar surface area (TPSA) is 113 Å². The first-order valence-electron chi connectivity index (χ1n) is 6.26. The van der Waals surface area contributed by atoms with Crippen LogP contribution in [0.15, 0.2) is 6.20 Å². The molecular weight excluding hydrogens is 244 g/mol. The number of aromatic amines is 1. The third-order valence-corrected chi connectivity index (χ3v) is 3.10. The van der Waals surface area contributed by atoms with Crippen molar-refractivity contribution in [1.82, 2.24) is 20.2 Å². The number of anilines is 2. The molecule has 0 amide bonds. The van der Waals surface area contributed by atoms with E-state index < -0.39 is 0 Å². The Morgan fingerprint density at radius 3 is 2.79 bits per heavy atom. The Labute approximate surface area is 111 Å². The van der Waals surface area contributed by atoms with E-state index in [4.69, 9.17) is 5.73 Å². The van der Waals surface area contributed by atoms with Gasteiger partial charge < -0.3 is 16.2 Å². The maximum atomic E-state index is 9.19. The van der Waals surface area contributed by atoms with Crippen LogP contribution in [0.1, 0.15) is 27.2 Å². The monoisotopic (exact) mass is 264 g/mol. The van der Waals surface area contributed by atoms with Crippen LogP contribution in [0.25, 0.3) is 11.0 Å². The van der Waals surface area contributed by atoms with E-state index in [1.165, 1.54) is 0 Å². The molecule has 0 radical (unpaired) electrons. The van der Waals surface area contributed by atoms with E-state index in [1.807, 2.05) is 0 Å². The molecule has 5 N–H and O–H groups in total. The quantitative estimate of drug-likeness (QED) is 0.658. The molecule has 1 unspecified atom stereocenters. The van der Waals surface area contributed by atoms with Crippen molar-refractivity contribution < 1.29 is 5.11 Å². The highest BCUT2D eigenvalue weighted by molar-refractivity contribution is 5.86. The van der Waals surface area contributed by atoms with Gasteiger partial charge in [-0.1, -0.05) is 20.8 Å². The number of aromatic nitrogens is 4. The van der Waals surface area contributed by atoms with Gasteiger partial charge in [0.25, 0.3) is 0 Å². The molecule has 0 saturated carbocycles. The summed E-state index contributed by atoms with van der Waals surface area (Å²) in [5.41, 5.74) is 6.27. The minimum Gasteiger partial charge on any atom is -0.396 e. The van der Waals surface area contributed by atoms with Crippen molar-refractivity contribution in [3.8, 4) is 0 Å². The van der Waals surface area contributed by atoms with Crippen LogP contribution >= 0.6 is 0 Å². The average Bonchev–Trinajstić information content (AvgIpc) is 2.74. The van der Waals surface area contributed by atoms with Gasteiger partial charge in [0.05, 0.1) is 11.6 Å². The molecule has 0 fully saturated rings. The summed E-state index contributed by atoms with van der Waals surface area (Å²) >= 11 is 0. The van der Waals surface area contributed by atoms with Crippen LogP contribution in [0.3, 0.4) is 0 Å². The number of aliphatic hydroxyl groups is 1. The van der Waals surface area contributed by atoms with Crippen molar-refractivity contribution in [1.29, 1.82) is 0 Å². The van der Waals surface area contributed by atoms with E-state index in [2.05, 4.69) is 46.3 Å². The summed E-state index contributed by atoms with van der Waals surface area (Å²) in [6, 6.07) is 0.0740. The maximum absolute atomic E-state index is 9.19. The zero-order valence-corrected chi connectivity index (χ0v) is 11.4. The number of nitrogen functional groups attached to an aromatic ring is 1. The van der Waals surface area contributed by atoms with Crippen LogP contribution in [-0.2, 0) is 0 Å². The molecule has 2 aromatic heterocycles. The highest BCUT2D eigenvalue weighted by Gasteiger charge is 2.25. The lowest BCUT2D eigenvalue weighted by molar-refractivity contribution is 0.235. The summed E-state index contributed by atoms with van der Waals surface area (Å²) in [7, 11) is 0. The van der Waals surface area contributed by atoms with Crippen LogP contribution in [0.2, 0.25) is 0 Å². The Hall–Kier alpha value is -1.89. The Kier molecular flexibility index (Phi) is 3.57. The van der Waals surface area contributed by atoms with Gasteiger partial charge in [-0.2, -0.15) is 15.1 Å². The molecule has 104 valence electrons. The van der Waals surface area contributed by atoms with Crippen LogP contribution in [-0.4, -0.2) is 37.9 Å². The smallest absolute Gasteiger partial charge is 0.224 e. The summed E-state index contributed by atoms with van der Waals surface area (Å²) in [6.07, 6.45) is 2.29. The van der Waals surface area contributed by atoms with Gasteiger partial charge in [-0.25, -0.2) is 0 Å². The van der Waals surface area contributed by atoms with Gasteiger partial charge in [0.15, 0.2) is 5.65 Å². The molecule has 1 atom stereocenters. The van der Waals surface area contributed by atoms with Crippen LogP contribution in [0, 0.1) is 5.41 Å². The molecule has 7 nitrogen and oxygen atoms in total. The van der Waals surface area contributed by atoms with Crippen molar-refractivity contribution in [3.63, 3.8) is 0 Å². The molecule has 2 heterocycles. The second-order valence-corrected chi connectivity index (χ2v) is 5.64. The van der Waals surface area contributed by atoms with E-state index in [0.717, 1.165) is 5.39 Å². The first-order chi connectivity index (χ1) is 8.91. The van der Waals surface area contributed by atoms with Crippen molar-refractivity contribution in [2.75, 3.05) is 17.7 Å². The van der Waals surface area contributed by atoms with Gasteiger partial charge >= 0.3 is 0 Å². The first kappa shape index (κ1) is 13.5. The summed E-state index contributed by atoms with van der Waals surface area (Å²) in [4.78, 5) is 8.29. The van der Waals surface area contributed by atoms with Gasteiger partial charge in [-0.05, 0) is 11.8 Å². The van der Waals surface area contributed by atoms with Gasteiger partial charge in [-0.15, -0.1) is 0 Å². The Morgan fingerprint density at radius 2 is 2.16 bits per heavy atom. The zero-order chi connectivity index (χ0) is 14.0. The van der Waals surface area contributed by atoms with Crippen LogP contribution < -0.4 is 11.1 Å². The molecule has 0 bridgehead atoms. The SMILES string of the molecule is CC(C)(C)C(CCO)Nc1nc(N)nc2[nH]ncc12. The Bertz CT molecular complexity index is 559. The number of hydrogen-bond acceptors (Lipinski definition) is 6. The molecule has 2 rings (SSSR count). The summed E-state index contributed by atoms with van der Waals surface area (Å²) in [5.74, 6) is 0.834. The maximum Gasteiger partial charge on any atom is 0.224 e. The number of nitrogens with zero attached hydrogens (tertiary/aromatic N) is 3. The number of hydrogen-bond donors (Lipinski definition) is 4.